The first-order valence-electron chi connectivity index (χ1n) is 11.9. The maximum absolute atomic E-state index is 10.7. The third-order valence-corrected chi connectivity index (χ3v) is 5.64. The predicted molar refractivity (Wildman–Crippen MR) is 139 cm³/mol. The van der Waals surface area contributed by atoms with Gasteiger partial charge in [0.2, 0.25) is 5.88 Å². The number of aryl methyl sites for hydroxylation is 1. The van der Waals surface area contributed by atoms with Gasteiger partial charge in [-0.25, -0.2) is 4.68 Å². The van der Waals surface area contributed by atoms with Gasteiger partial charge in [0, 0.05) is 51.0 Å². The SMILES string of the molecule is COCCN(Cc1c(-c2ccccc2)nn(C)c1Oc1ccc(Cl)cc1)C[C@H](O)COCC(C)C. The highest BCUT2D eigenvalue weighted by molar-refractivity contribution is 6.30. The molecule has 0 spiro atoms. The fraction of sp³-hybridized carbons (Fsp3) is 0.444. The molecule has 1 atom stereocenters. The van der Waals surface area contributed by atoms with Gasteiger partial charge in [0.15, 0.2) is 0 Å². The summed E-state index contributed by atoms with van der Waals surface area (Å²) in [6, 6.07) is 17.3. The lowest BCUT2D eigenvalue weighted by atomic mass is 10.1. The number of hydrogen-bond donors (Lipinski definition) is 1. The molecule has 0 aliphatic heterocycles. The standard InChI is InChI=1S/C27H36ClN3O4/c1-20(2)18-34-19-23(32)16-31(14-15-33-4)17-25-26(21-8-6-5-7-9-21)29-30(3)27(25)35-24-12-10-22(28)11-13-24/h5-13,20,23,32H,14-19H2,1-4H3/t23-/m0/s1. The van der Waals surface area contributed by atoms with E-state index in [1.54, 1.807) is 23.9 Å². The zero-order chi connectivity index (χ0) is 25.2. The van der Waals surface area contributed by atoms with Gasteiger partial charge in [0.1, 0.15) is 11.4 Å². The van der Waals surface area contributed by atoms with Crippen LogP contribution in [0.1, 0.15) is 19.4 Å². The van der Waals surface area contributed by atoms with Crippen molar-refractivity contribution in [3.05, 3.63) is 65.2 Å². The van der Waals surface area contributed by atoms with Crippen LogP contribution < -0.4 is 4.74 Å². The van der Waals surface area contributed by atoms with Gasteiger partial charge in [-0.15, -0.1) is 0 Å². The lowest BCUT2D eigenvalue weighted by Gasteiger charge is -2.25. The zero-order valence-electron chi connectivity index (χ0n) is 21.0. The Balaban J connectivity index is 1.89. The smallest absolute Gasteiger partial charge is 0.222 e. The highest BCUT2D eigenvalue weighted by Gasteiger charge is 2.23. The largest absolute Gasteiger partial charge is 0.439 e. The van der Waals surface area contributed by atoms with Gasteiger partial charge in [-0.1, -0.05) is 55.8 Å². The van der Waals surface area contributed by atoms with E-state index in [4.69, 9.17) is 30.9 Å². The van der Waals surface area contributed by atoms with Crippen LogP contribution in [0.25, 0.3) is 11.3 Å². The Bertz CT molecular complexity index is 1020. The van der Waals surface area contributed by atoms with Crippen molar-refractivity contribution < 1.29 is 19.3 Å². The summed E-state index contributed by atoms with van der Waals surface area (Å²) >= 11 is 6.05. The summed E-state index contributed by atoms with van der Waals surface area (Å²) in [6.07, 6.45) is -0.622. The highest BCUT2D eigenvalue weighted by Crippen LogP contribution is 2.34. The number of rotatable bonds is 14. The number of aliphatic hydroxyl groups is 1. The molecule has 1 heterocycles. The minimum absolute atomic E-state index is 0.286. The number of benzene rings is 2. The summed E-state index contributed by atoms with van der Waals surface area (Å²) in [5.74, 6) is 1.73. The molecule has 0 saturated carbocycles. The Kier molecular flexibility index (Phi) is 10.6. The van der Waals surface area contributed by atoms with Gasteiger partial charge < -0.3 is 19.3 Å². The Morgan fingerprint density at radius 1 is 1.06 bits per heavy atom. The van der Waals surface area contributed by atoms with Gasteiger partial charge in [-0.05, 0) is 30.2 Å². The molecule has 3 rings (SSSR count). The van der Waals surface area contributed by atoms with Gasteiger partial charge in [0.05, 0.1) is 24.9 Å². The van der Waals surface area contributed by atoms with Crippen molar-refractivity contribution in [1.29, 1.82) is 0 Å². The van der Waals surface area contributed by atoms with Gasteiger partial charge in [-0.2, -0.15) is 5.10 Å². The van der Waals surface area contributed by atoms with Crippen LogP contribution >= 0.6 is 11.6 Å². The fourth-order valence-corrected chi connectivity index (χ4v) is 3.86. The average Bonchev–Trinajstić information content (AvgIpc) is 3.14. The Morgan fingerprint density at radius 2 is 1.77 bits per heavy atom. The topological polar surface area (TPSA) is 69.0 Å². The number of aromatic nitrogens is 2. The molecule has 7 nitrogen and oxygen atoms in total. The molecule has 0 radical (unpaired) electrons. The Hall–Kier alpha value is -2.42. The predicted octanol–water partition coefficient (Wildman–Crippen LogP) is 5.01. The molecule has 35 heavy (non-hydrogen) atoms. The average molecular weight is 502 g/mol. The van der Waals surface area contributed by atoms with Crippen LogP contribution in [0.15, 0.2) is 54.6 Å². The molecule has 8 heteroatoms. The summed E-state index contributed by atoms with van der Waals surface area (Å²) in [6.45, 7) is 7.22. The molecule has 0 aliphatic rings. The second kappa shape index (κ2) is 13.6. The normalized spacial score (nSPS) is 12.5. The third kappa shape index (κ3) is 8.33. The number of hydrogen-bond acceptors (Lipinski definition) is 6. The molecule has 3 aromatic rings. The Labute approximate surface area is 213 Å². The van der Waals surface area contributed by atoms with Crippen molar-refractivity contribution in [2.75, 3.05) is 40.0 Å². The van der Waals surface area contributed by atoms with E-state index in [-0.39, 0.29) is 6.61 Å². The molecule has 190 valence electrons. The van der Waals surface area contributed by atoms with Crippen molar-refractivity contribution in [3.63, 3.8) is 0 Å². The zero-order valence-corrected chi connectivity index (χ0v) is 21.7. The molecule has 1 N–H and O–H groups in total. The first-order chi connectivity index (χ1) is 16.9. The number of halogens is 1. The lowest BCUT2D eigenvalue weighted by molar-refractivity contribution is 0.00329. The van der Waals surface area contributed by atoms with E-state index in [9.17, 15) is 5.11 Å². The summed E-state index contributed by atoms with van der Waals surface area (Å²) < 4.78 is 19.1. The first kappa shape index (κ1) is 27.2. The highest BCUT2D eigenvalue weighted by atomic mass is 35.5. The van der Waals surface area contributed by atoms with Crippen LogP contribution in [0.4, 0.5) is 0 Å². The number of nitrogens with zero attached hydrogens (tertiary/aromatic N) is 3. The lowest BCUT2D eigenvalue weighted by Crippen LogP contribution is -2.37. The monoisotopic (exact) mass is 501 g/mol. The van der Waals surface area contributed by atoms with E-state index in [1.165, 1.54) is 0 Å². The summed E-state index contributed by atoms with van der Waals surface area (Å²) in [5, 5.41) is 16.1. The quantitative estimate of drug-likeness (QED) is 0.334. The minimum atomic E-state index is -0.622. The van der Waals surface area contributed by atoms with Gasteiger partial charge in [-0.3, -0.25) is 4.90 Å². The molecule has 0 fully saturated rings. The number of ether oxygens (including phenoxy) is 3. The van der Waals surface area contributed by atoms with E-state index in [2.05, 4.69) is 18.7 Å². The van der Waals surface area contributed by atoms with Crippen molar-refractivity contribution in [2.24, 2.45) is 13.0 Å². The van der Waals surface area contributed by atoms with Crippen LogP contribution in [0.2, 0.25) is 5.02 Å². The van der Waals surface area contributed by atoms with E-state index >= 15 is 0 Å². The second-order valence-corrected chi connectivity index (χ2v) is 9.43. The molecular formula is C27H36ClN3O4. The van der Waals surface area contributed by atoms with E-state index in [0.717, 1.165) is 16.8 Å². The third-order valence-electron chi connectivity index (χ3n) is 5.39. The molecule has 0 amide bonds. The van der Waals surface area contributed by atoms with Crippen molar-refractivity contribution in [2.45, 2.75) is 26.5 Å². The molecule has 0 unspecified atom stereocenters. The summed E-state index contributed by atoms with van der Waals surface area (Å²) in [4.78, 5) is 2.14. The Morgan fingerprint density at radius 3 is 2.43 bits per heavy atom. The van der Waals surface area contributed by atoms with E-state index in [0.29, 0.717) is 55.4 Å². The molecule has 0 aliphatic carbocycles. The van der Waals surface area contributed by atoms with Gasteiger partial charge >= 0.3 is 0 Å². The van der Waals surface area contributed by atoms with Crippen molar-refractivity contribution >= 4 is 11.6 Å². The van der Waals surface area contributed by atoms with Crippen molar-refractivity contribution in [1.82, 2.24) is 14.7 Å². The number of methoxy groups -OCH3 is 1. The minimum Gasteiger partial charge on any atom is -0.439 e. The summed E-state index contributed by atoms with van der Waals surface area (Å²) in [7, 11) is 3.55. The second-order valence-electron chi connectivity index (χ2n) is 8.99. The van der Waals surface area contributed by atoms with Gasteiger partial charge in [0.25, 0.3) is 0 Å². The summed E-state index contributed by atoms with van der Waals surface area (Å²) in [5.41, 5.74) is 2.77. The fourth-order valence-electron chi connectivity index (χ4n) is 3.73. The van der Waals surface area contributed by atoms with E-state index in [1.807, 2.05) is 49.5 Å². The molecule has 2 aromatic carbocycles. The number of aliphatic hydroxyl groups excluding tert-OH is 1. The molecule has 1 aromatic heterocycles. The van der Waals surface area contributed by atoms with E-state index < -0.39 is 6.10 Å². The van der Waals surface area contributed by atoms with Crippen molar-refractivity contribution in [3.8, 4) is 22.9 Å². The first-order valence-corrected chi connectivity index (χ1v) is 12.3. The van der Waals surface area contributed by atoms with Crippen LogP contribution in [0.3, 0.4) is 0 Å². The molecule has 0 saturated heterocycles. The van der Waals surface area contributed by atoms with Crippen LogP contribution in [0, 0.1) is 5.92 Å². The molecular weight excluding hydrogens is 466 g/mol. The maximum atomic E-state index is 10.7. The van der Waals surface area contributed by atoms with Crippen LogP contribution in [0.5, 0.6) is 11.6 Å². The maximum Gasteiger partial charge on any atom is 0.222 e. The molecule has 0 bridgehead atoms. The van der Waals surface area contributed by atoms with Crippen LogP contribution in [-0.4, -0.2) is 65.9 Å². The van der Waals surface area contributed by atoms with Crippen LogP contribution in [-0.2, 0) is 23.1 Å².